The smallest absolute Gasteiger partial charge is 0.317 e. The summed E-state index contributed by atoms with van der Waals surface area (Å²) in [5, 5.41) is 7.16. The minimum absolute atomic E-state index is 0.166. The first-order valence-corrected chi connectivity index (χ1v) is 16.3. The highest BCUT2D eigenvalue weighted by molar-refractivity contribution is 6.14. The van der Waals surface area contributed by atoms with Crippen molar-refractivity contribution in [2.75, 3.05) is 19.2 Å². The molecule has 4 aromatic rings. The lowest BCUT2D eigenvalue weighted by molar-refractivity contribution is -0.159. The second-order valence-corrected chi connectivity index (χ2v) is 13.2. The molecular weight excluding hydrogens is 572 g/mol. The van der Waals surface area contributed by atoms with Gasteiger partial charge in [-0.2, -0.15) is 5.10 Å². The highest BCUT2D eigenvalue weighted by Gasteiger charge is 2.48. The monoisotopic (exact) mass is 616 g/mol. The van der Waals surface area contributed by atoms with Crippen molar-refractivity contribution in [3.8, 4) is 11.5 Å². The van der Waals surface area contributed by atoms with Crippen molar-refractivity contribution in [2.45, 2.75) is 57.6 Å². The average Bonchev–Trinajstić information content (AvgIpc) is 3.50. The van der Waals surface area contributed by atoms with Gasteiger partial charge < -0.3 is 14.2 Å². The Morgan fingerprint density at radius 2 is 1.37 bits per heavy atom. The molecule has 2 aliphatic rings. The quantitative estimate of drug-likeness (QED) is 0.176. The molecule has 0 radical (unpaired) electrons. The Morgan fingerprint density at radius 3 is 1.98 bits per heavy atom. The van der Waals surface area contributed by atoms with Crippen molar-refractivity contribution in [1.82, 2.24) is 0 Å². The zero-order valence-corrected chi connectivity index (χ0v) is 27.4. The van der Waals surface area contributed by atoms with Crippen LogP contribution in [0.15, 0.2) is 114 Å². The van der Waals surface area contributed by atoms with Crippen molar-refractivity contribution in [1.29, 1.82) is 0 Å². The first kappa shape index (κ1) is 31.4. The van der Waals surface area contributed by atoms with Gasteiger partial charge >= 0.3 is 5.97 Å². The van der Waals surface area contributed by atoms with Crippen LogP contribution in [0.4, 0.5) is 5.69 Å². The maximum Gasteiger partial charge on any atom is 0.317 e. The van der Waals surface area contributed by atoms with Crippen molar-refractivity contribution in [3.05, 3.63) is 126 Å². The number of esters is 1. The van der Waals surface area contributed by atoms with Gasteiger partial charge in [-0.1, -0.05) is 87.9 Å². The number of methoxy groups -OCH3 is 2. The van der Waals surface area contributed by atoms with E-state index in [0.29, 0.717) is 11.6 Å². The molecule has 5 atom stereocenters. The minimum Gasteiger partial charge on any atom is -0.497 e. The maximum absolute atomic E-state index is 14.8. The third kappa shape index (κ3) is 6.26. The van der Waals surface area contributed by atoms with Gasteiger partial charge in [0, 0.05) is 5.92 Å². The summed E-state index contributed by atoms with van der Waals surface area (Å²) >= 11 is 0. The highest BCUT2D eigenvalue weighted by atomic mass is 16.5. The largest absolute Gasteiger partial charge is 0.497 e. The number of carbonyl (C=O) groups excluding carboxylic acids is 1. The maximum atomic E-state index is 14.8. The third-order valence-electron chi connectivity index (χ3n) is 9.97. The van der Waals surface area contributed by atoms with E-state index in [1.165, 1.54) is 5.56 Å². The van der Waals surface area contributed by atoms with Gasteiger partial charge in [-0.15, -0.1) is 0 Å². The summed E-state index contributed by atoms with van der Waals surface area (Å²) in [6.45, 7) is 6.85. The van der Waals surface area contributed by atoms with E-state index in [1.54, 1.807) is 14.2 Å². The van der Waals surface area contributed by atoms with Crippen LogP contribution in [0.5, 0.6) is 11.5 Å². The first-order valence-electron chi connectivity index (χ1n) is 16.3. The van der Waals surface area contributed by atoms with Gasteiger partial charge in [-0.05, 0) is 89.4 Å². The number of rotatable bonds is 9. The molecule has 1 fully saturated rings. The molecule has 1 aliphatic heterocycles. The number of para-hydroxylation sites is 1. The SMILES string of the molecule is COc1ccc(C2=NN(c3ccccc3)[C@H](c3ccc(OC)cc3)[C@H]2C(=O)O[C@@H]2C[C@H](C)CC[C@H]2C(C)(C)c2ccccc2)cc1. The van der Waals surface area contributed by atoms with E-state index in [-0.39, 0.29) is 23.4 Å². The predicted octanol–water partition coefficient (Wildman–Crippen LogP) is 8.61. The third-order valence-corrected chi connectivity index (χ3v) is 9.97. The summed E-state index contributed by atoms with van der Waals surface area (Å²) < 4.78 is 17.7. The molecule has 1 aliphatic carbocycles. The Hall–Kier alpha value is -4.58. The number of carbonyl (C=O) groups is 1. The second-order valence-electron chi connectivity index (χ2n) is 13.2. The van der Waals surface area contributed by atoms with Gasteiger partial charge in [0.25, 0.3) is 0 Å². The Kier molecular flexibility index (Phi) is 9.16. The van der Waals surface area contributed by atoms with Gasteiger partial charge in [0.1, 0.15) is 23.5 Å². The Bertz CT molecular complexity index is 1630. The Balaban J connectivity index is 1.42. The van der Waals surface area contributed by atoms with Crippen LogP contribution in [0.1, 0.15) is 62.8 Å². The molecule has 0 N–H and O–H groups in total. The lowest BCUT2D eigenvalue weighted by Crippen LogP contribution is -2.45. The van der Waals surface area contributed by atoms with Crippen LogP contribution in [-0.2, 0) is 14.9 Å². The molecule has 0 spiro atoms. The number of hydrogen-bond acceptors (Lipinski definition) is 6. The summed E-state index contributed by atoms with van der Waals surface area (Å²) in [6, 6.07) is 35.9. The van der Waals surface area contributed by atoms with Gasteiger partial charge in [-0.3, -0.25) is 9.80 Å². The van der Waals surface area contributed by atoms with Gasteiger partial charge in [0.05, 0.1) is 31.7 Å². The molecule has 6 heteroatoms. The standard InChI is InChI=1S/C40H44N2O4/c1-27-16-25-34(40(2,3)30-12-8-6-9-13-30)35(26-27)46-39(43)36-37(28-17-21-32(44-4)22-18-28)41-42(31-14-10-7-11-15-31)38(36)29-19-23-33(45-5)24-20-29/h6-15,17-24,27,34-36,38H,16,25-26H2,1-5H3/t27-,34-,35-,36+,38-/m1/s1. The number of ether oxygens (including phenoxy) is 3. The number of benzene rings is 4. The van der Waals surface area contributed by atoms with E-state index in [9.17, 15) is 4.79 Å². The lowest BCUT2D eigenvalue weighted by Gasteiger charge is -2.44. The Morgan fingerprint density at radius 1 is 0.783 bits per heavy atom. The van der Waals surface area contributed by atoms with Gasteiger partial charge in [0.15, 0.2) is 0 Å². The van der Waals surface area contributed by atoms with Crippen LogP contribution in [-0.4, -0.2) is 32.0 Å². The normalized spacial score (nSPS) is 23.0. The lowest BCUT2D eigenvalue weighted by atomic mass is 9.64. The highest BCUT2D eigenvalue weighted by Crippen LogP contribution is 2.46. The van der Waals surface area contributed by atoms with Crippen LogP contribution >= 0.6 is 0 Å². The van der Waals surface area contributed by atoms with Crippen molar-refractivity contribution in [3.63, 3.8) is 0 Å². The summed E-state index contributed by atoms with van der Waals surface area (Å²) in [4.78, 5) is 14.8. The average molecular weight is 617 g/mol. The molecule has 238 valence electrons. The zero-order valence-electron chi connectivity index (χ0n) is 27.4. The van der Waals surface area contributed by atoms with Crippen LogP contribution in [0.25, 0.3) is 0 Å². The van der Waals surface area contributed by atoms with E-state index in [4.69, 9.17) is 19.3 Å². The fourth-order valence-electron chi connectivity index (χ4n) is 7.29. The Labute approximate surface area is 273 Å². The summed E-state index contributed by atoms with van der Waals surface area (Å²) in [5.41, 5.74) is 4.50. The van der Waals surface area contributed by atoms with Crippen LogP contribution in [0, 0.1) is 17.8 Å². The van der Waals surface area contributed by atoms with Crippen LogP contribution < -0.4 is 14.5 Å². The van der Waals surface area contributed by atoms with E-state index < -0.39 is 12.0 Å². The number of nitrogens with zero attached hydrogens (tertiary/aromatic N) is 2. The first-order chi connectivity index (χ1) is 22.3. The van der Waals surface area contributed by atoms with Gasteiger partial charge in [0.2, 0.25) is 0 Å². The van der Waals surface area contributed by atoms with Crippen molar-refractivity contribution >= 4 is 17.4 Å². The molecule has 6 nitrogen and oxygen atoms in total. The number of anilines is 1. The molecule has 6 rings (SSSR count). The molecule has 0 saturated heterocycles. The number of hydrogen-bond donors (Lipinski definition) is 0. The summed E-state index contributed by atoms with van der Waals surface area (Å²) in [7, 11) is 3.31. The molecule has 0 bridgehead atoms. The fraction of sp³-hybridized carbons (Fsp3) is 0.350. The van der Waals surface area contributed by atoms with E-state index >= 15 is 0 Å². The number of hydrazone groups is 1. The van der Waals surface area contributed by atoms with Crippen LogP contribution in [0.2, 0.25) is 0 Å². The van der Waals surface area contributed by atoms with E-state index in [0.717, 1.165) is 47.6 Å². The van der Waals surface area contributed by atoms with Crippen molar-refractivity contribution < 1.29 is 19.0 Å². The fourth-order valence-corrected chi connectivity index (χ4v) is 7.29. The molecular formula is C40H44N2O4. The molecule has 0 unspecified atom stereocenters. The molecule has 46 heavy (non-hydrogen) atoms. The molecule has 0 amide bonds. The van der Waals surface area contributed by atoms with Crippen LogP contribution in [0.3, 0.4) is 0 Å². The summed E-state index contributed by atoms with van der Waals surface area (Å²) in [5.74, 6) is 1.24. The molecule has 1 heterocycles. The zero-order chi connectivity index (χ0) is 32.3. The molecule has 1 saturated carbocycles. The second kappa shape index (κ2) is 13.4. The summed E-state index contributed by atoms with van der Waals surface area (Å²) in [6.07, 6.45) is 2.74. The van der Waals surface area contributed by atoms with E-state index in [2.05, 4.69) is 51.1 Å². The predicted molar refractivity (Wildman–Crippen MR) is 184 cm³/mol. The molecule has 0 aromatic heterocycles. The van der Waals surface area contributed by atoms with E-state index in [1.807, 2.05) is 83.9 Å². The van der Waals surface area contributed by atoms with Crippen molar-refractivity contribution in [2.24, 2.45) is 22.9 Å². The molecule has 4 aromatic carbocycles. The van der Waals surface area contributed by atoms with Gasteiger partial charge in [-0.25, -0.2) is 0 Å². The minimum atomic E-state index is -0.667. The topological polar surface area (TPSA) is 60.4 Å².